The minimum absolute atomic E-state index is 0.00196. The van der Waals surface area contributed by atoms with Gasteiger partial charge in [0.15, 0.2) is 0 Å². The molecule has 1 atom stereocenters. The number of nitrogens with zero attached hydrogens (tertiary/aromatic N) is 1. The van der Waals surface area contributed by atoms with Crippen molar-refractivity contribution < 1.29 is 13.9 Å². The molecule has 0 bridgehead atoms. The van der Waals surface area contributed by atoms with Gasteiger partial charge < -0.3 is 5.11 Å². The van der Waals surface area contributed by atoms with Gasteiger partial charge in [0.1, 0.15) is 17.2 Å². The fourth-order valence-corrected chi connectivity index (χ4v) is 2.03. The van der Waals surface area contributed by atoms with E-state index >= 15 is 0 Å². The van der Waals surface area contributed by atoms with E-state index in [0.29, 0.717) is 5.02 Å². The molecule has 5 heteroatoms. The third-order valence-electron chi connectivity index (χ3n) is 2.82. The zero-order chi connectivity index (χ0) is 14.0. The Labute approximate surface area is 114 Å². The molecule has 0 saturated carbocycles. The highest BCUT2D eigenvalue weighted by Gasteiger charge is 2.26. The minimum atomic E-state index is -1.40. The van der Waals surface area contributed by atoms with Gasteiger partial charge in [-0.25, -0.2) is 8.78 Å². The molecule has 0 amide bonds. The molecule has 0 aliphatic rings. The normalized spacial score (nSPS) is 14.2. The van der Waals surface area contributed by atoms with Crippen molar-refractivity contribution in [3.05, 3.63) is 64.4 Å². The van der Waals surface area contributed by atoms with Crippen molar-refractivity contribution in [2.45, 2.75) is 18.9 Å². The molecular weight excluding hydrogens is 272 g/mol. The number of benzene rings is 1. The average Bonchev–Trinajstić information content (AvgIpc) is 2.34. The summed E-state index contributed by atoms with van der Waals surface area (Å²) in [7, 11) is 0. The van der Waals surface area contributed by atoms with Gasteiger partial charge >= 0.3 is 0 Å². The molecule has 2 nitrogen and oxygen atoms in total. The molecule has 0 aliphatic carbocycles. The van der Waals surface area contributed by atoms with Crippen LogP contribution < -0.4 is 0 Å². The summed E-state index contributed by atoms with van der Waals surface area (Å²) in [5, 5.41) is 10.7. The Morgan fingerprint density at radius 2 is 2.00 bits per heavy atom. The SMILES string of the molecule is CC(O)(Cc1cc(Cl)ccc1F)c1ccc(F)cn1. The average molecular weight is 284 g/mol. The molecule has 0 spiro atoms. The highest BCUT2D eigenvalue weighted by molar-refractivity contribution is 6.30. The molecule has 100 valence electrons. The zero-order valence-electron chi connectivity index (χ0n) is 10.2. The van der Waals surface area contributed by atoms with E-state index in [9.17, 15) is 13.9 Å². The lowest BCUT2D eigenvalue weighted by Crippen LogP contribution is -2.26. The molecule has 2 aromatic rings. The fraction of sp³-hybridized carbons (Fsp3) is 0.214. The molecule has 1 heterocycles. The molecule has 1 aromatic carbocycles. The highest BCUT2D eigenvalue weighted by Crippen LogP contribution is 2.26. The minimum Gasteiger partial charge on any atom is -0.383 e. The maximum atomic E-state index is 13.6. The van der Waals surface area contributed by atoms with Gasteiger partial charge in [0.05, 0.1) is 11.9 Å². The third kappa shape index (κ3) is 3.28. The molecule has 0 aliphatic heterocycles. The largest absolute Gasteiger partial charge is 0.383 e. The van der Waals surface area contributed by atoms with Crippen LogP contribution in [0.4, 0.5) is 8.78 Å². The summed E-state index contributed by atoms with van der Waals surface area (Å²) in [5.41, 5.74) is -0.851. The molecular formula is C14H12ClF2NO. The van der Waals surface area contributed by atoms with E-state index in [1.165, 1.54) is 37.3 Å². The molecule has 0 saturated heterocycles. The van der Waals surface area contributed by atoms with Crippen molar-refractivity contribution in [3.8, 4) is 0 Å². The first-order chi connectivity index (χ1) is 8.88. The summed E-state index contributed by atoms with van der Waals surface area (Å²) in [6.45, 7) is 1.49. The molecule has 1 unspecified atom stereocenters. The van der Waals surface area contributed by atoms with Crippen LogP contribution >= 0.6 is 11.6 Å². The first-order valence-corrected chi connectivity index (χ1v) is 6.04. The van der Waals surface area contributed by atoms with E-state index in [1.807, 2.05) is 0 Å². The smallest absolute Gasteiger partial charge is 0.141 e. The van der Waals surface area contributed by atoms with Gasteiger partial charge in [0.2, 0.25) is 0 Å². The Balaban J connectivity index is 2.30. The highest BCUT2D eigenvalue weighted by atomic mass is 35.5. The molecule has 0 fully saturated rings. The van der Waals surface area contributed by atoms with Crippen LogP contribution in [0, 0.1) is 11.6 Å². The molecule has 1 N–H and O–H groups in total. The zero-order valence-corrected chi connectivity index (χ0v) is 11.0. The number of hydrogen-bond acceptors (Lipinski definition) is 2. The number of rotatable bonds is 3. The van der Waals surface area contributed by atoms with E-state index in [4.69, 9.17) is 11.6 Å². The number of aliphatic hydroxyl groups is 1. The maximum absolute atomic E-state index is 13.6. The molecule has 19 heavy (non-hydrogen) atoms. The van der Waals surface area contributed by atoms with Gasteiger partial charge in [0.25, 0.3) is 0 Å². The molecule has 0 radical (unpaired) electrons. The standard InChI is InChI=1S/C14H12ClF2NO/c1-14(19,13-5-3-11(16)8-18-13)7-9-6-10(15)2-4-12(9)17/h2-6,8,19H,7H2,1H3. The number of aromatic nitrogens is 1. The van der Waals surface area contributed by atoms with Crippen molar-refractivity contribution in [1.29, 1.82) is 0 Å². The van der Waals surface area contributed by atoms with Crippen molar-refractivity contribution in [2.24, 2.45) is 0 Å². The van der Waals surface area contributed by atoms with E-state index in [-0.39, 0.29) is 17.7 Å². The number of halogens is 3. The summed E-state index contributed by atoms with van der Waals surface area (Å²) in [4.78, 5) is 3.82. The quantitative estimate of drug-likeness (QED) is 0.936. The Bertz CT molecular complexity index is 584. The Kier molecular flexibility index (Phi) is 3.83. The Morgan fingerprint density at radius 3 is 2.63 bits per heavy atom. The lowest BCUT2D eigenvalue weighted by molar-refractivity contribution is 0.0520. The third-order valence-corrected chi connectivity index (χ3v) is 3.06. The predicted molar refractivity (Wildman–Crippen MR) is 68.9 cm³/mol. The molecule has 1 aromatic heterocycles. The number of pyridine rings is 1. The van der Waals surface area contributed by atoms with Crippen molar-refractivity contribution in [3.63, 3.8) is 0 Å². The first-order valence-electron chi connectivity index (χ1n) is 5.67. The predicted octanol–water partition coefficient (Wildman–Crippen LogP) is 3.46. The number of hydrogen-bond donors (Lipinski definition) is 1. The van der Waals surface area contributed by atoms with Gasteiger partial charge in [-0.2, -0.15) is 0 Å². The van der Waals surface area contributed by atoms with Gasteiger partial charge in [-0.3, -0.25) is 4.98 Å². The summed E-state index contributed by atoms with van der Waals surface area (Å²) >= 11 is 5.80. The second-order valence-electron chi connectivity index (χ2n) is 4.55. The van der Waals surface area contributed by atoms with Crippen LogP contribution in [-0.4, -0.2) is 10.1 Å². The lowest BCUT2D eigenvalue weighted by Gasteiger charge is -2.23. The van der Waals surface area contributed by atoms with E-state index in [0.717, 1.165) is 6.20 Å². The Hall–Kier alpha value is -1.52. The van der Waals surface area contributed by atoms with Crippen LogP contribution in [0.25, 0.3) is 0 Å². The lowest BCUT2D eigenvalue weighted by atomic mass is 9.92. The van der Waals surface area contributed by atoms with Crippen molar-refractivity contribution in [1.82, 2.24) is 4.98 Å². The van der Waals surface area contributed by atoms with E-state index < -0.39 is 17.2 Å². The van der Waals surface area contributed by atoms with Crippen molar-refractivity contribution in [2.75, 3.05) is 0 Å². The van der Waals surface area contributed by atoms with Crippen LogP contribution in [0.2, 0.25) is 5.02 Å². The second-order valence-corrected chi connectivity index (χ2v) is 4.98. The monoisotopic (exact) mass is 283 g/mol. The topological polar surface area (TPSA) is 33.1 Å². The van der Waals surface area contributed by atoms with E-state index in [1.54, 1.807) is 0 Å². The van der Waals surface area contributed by atoms with Crippen LogP contribution in [0.15, 0.2) is 36.5 Å². The first kappa shape index (κ1) is 13.9. The Morgan fingerprint density at radius 1 is 1.26 bits per heavy atom. The van der Waals surface area contributed by atoms with Crippen LogP contribution in [0.5, 0.6) is 0 Å². The summed E-state index contributed by atoms with van der Waals surface area (Å²) < 4.78 is 26.4. The maximum Gasteiger partial charge on any atom is 0.141 e. The van der Waals surface area contributed by atoms with Crippen LogP contribution in [-0.2, 0) is 12.0 Å². The second kappa shape index (κ2) is 5.23. The van der Waals surface area contributed by atoms with E-state index in [2.05, 4.69) is 4.98 Å². The van der Waals surface area contributed by atoms with Crippen LogP contribution in [0.3, 0.4) is 0 Å². The van der Waals surface area contributed by atoms with Gasteiger partial charge in [-0.05, 0) is 42.8 Å². The van der Waals surface area contributed by atoms with Crippen LogP contribution in [0.1, 0.15) is 18.2 Å². The summed E-state index contributed by atoms with van der Waals surface area (Å²) in [5.74, 6) is -0.944. The summed E-state index contributed by atoms with van der Waals surface area (Å²) in [6, 6.07) is 6.70. The van der Waals surface area contributed by atoms with Gasteiger partial charge in [0, 0.05) is 11.4 Å². The van der Waals surface area contributed by atoms with Gasteiger partial charge in [-0.15, -0.1) is 0 Å². The van der Waals surface area contributed by atoms with Crippen molar-refractivity contribution >= 4 is 11.6 Å². The summed E-state index contributed by atoms with van der Waals surface area (Å²) in [6.07, 6.45) is 1.01. The molecule has 2 rings (SSSR count). The fourth-order valence-electron chi connectivity index (χ4n) is 1.83. The van der Waals surface area contributed by atoms with Gasteiger partial charge in [-0.1, -0.05) is 11.6 Å².